The molecule has 10 aromatic rings. The van der Waals surface area contributed by atoms with Crippen molar-refractivity contribution in [2.45, 2.75) is 24.2 Å². The van der Waals surface area contributed by atoms with Crippen LogP contribution in [0.4, 0.5) is 17.1 Å². The molecule has 2 heteroatoms. The molecule has 13 rings (SSSR count). The van der Waals surface area contributed by atoms with Crippen molar-refractivity contribution in [1.82, 2.24) is 4.57 Å². The van der Waals surface area contributed by atoms with Crippen molar-refractivity contribution in [2.24, 2.45) is 5.92 Å². The highest BCUT2D eigenvalue weighted by atomic mass is 15.1. The Morgan fingerprint density at radius 2 is 1.02 bits per heavy atom. The summed E-state index contributed by atoms with van der Waals surface area (Å²) in [5, 5.41) is 2.51. The van der Waals surface area contributed by atoms with Crippen molar-refractivity contribution < 1.29 is 0 Å². The Bertz CT molecular complexity index is 3540. The Balaban J connectivity index is 1.14. The third kappa shape index (κ3) is 5.23. The minimum Gasteiger partial charge on any atom is -0.310 e. The fraction of sp³-hybridized carbons (Fsp3) is 0.0794. The highest BCUT2D eigenvalue weighted by molar-refractivity contribution is 6.11. The number of aromatic nitrogens is 1. The van der Waals surface area contributed by atoms with E-state index in [1.54, 1.807) is 0 Å². The number of nitrogens with zero attached hydrogens (tertiary/aromatic N) is 2. The van der Waals surface area contributed by atoms with Gasteiger partial charge < -0.3 is 9.47 Å². The summed E-state index contributed by atoms with van der Waals surface area (Å²) < 4.78 is 2.47. The van der Waals surface area contributed by atoms with Crippen molar-refractivity contribution in [3.63, 3.8) is 0 Å². The predicted octanol–water partition coefficient (Wildman–Crippen LogP) is 15.8. The lowest BCUT2D eigenvalue weighted by atomic mass is 9.51. The first kappa shape index (κ1) is 37.6. The van der Waals surface area contributed by atoms with Crippen molar-refractivity contribution in [3.05, 3.63) is 287 Å². The smallest absolute Gasteiger partial charge is 0.0728 e. The molecule has 0 N–H and O–H groups in total. The first-order valence-corrected chi connectivity index (χ1v) is 23.0. The van der Waals surface area contributed by atoms with Gasteiger partial charge in [0.2, 0.25) is 0 Å². The third-order valence-corrected chi connectivity index (χ3v) is 14.6. The second kappa shape index (κ2) is 14.6. The zero-order valence-corrected chi connectivity index (χ0v) is 36.3. The number of hydrogen-bond acceptors (Lipinski definition) is 1. The monoisotopic (exact) mass is 830 g/mol. The highest BCUT2D eigenvalue weighted by Crippen LogP contribution is 2.66. The van der Waals surface area contributed by atoms with Gasteiger partial charge in [0.1, 0.15) is 0 Å². The van der Waals surface area contributed by atoms with E-state index in [-0.39, 0.29) is 0 Å². The van der Waals surface area contributed by atoms with Gasteiger partial charge in [0.25, 0.3) is 0 Å². The van der Waals surface area contributed by atoms with Crippen molar-refractivity contribution in [1.29, 1.82) is 0 Å². The maximum Gasteiger partial charge on any atom is 0.0728 e. The van der Waals surface area contributed by atoms with Gasteiger partial charge in [-0.05, 0) is 110 Å². The quantitative estimate of drug-likeness (QED) is 0.155. The van der Waals surface area contributed by atoms with Crippen LogP contribution in [0, 0.1) is 5.92 Å². The number of fused-ring (bicyclic) bond motifs is 8. The Morgan fingerprint density at radius 3 is 1.75 bits per heavy atom. The number of hydrogen-bond donors (Lipinski definition) is 0. The van der Waals surface area contributed by atoms with Gasteiger partial charge in [0, 0.05) is 27.8 Å². The van der Waals surface area contributed by atoms with E-state index in [1.165, 1.54) is 83.1 Å². The van der Waals surface area contributed by atoms with Gasteiger partial charge >= 0.3 is 0 Å². The summed E-state index contributed by atoms with van der Waals surface area (Å²) in [7, 11) is 0. The molecule has 0 bridgehead atoms. The number of rotatable bonds is 7. The standard InChI is InChI=1S/C63H46N2/c1-43-36-38-47(39-37-43)65-58-34-17-12-27-50(58)51-41-40-48(42-60(51)65)64(46-24-9-4-10-25-46)59-35-18-16-32-56(59)62(44-20-5-2-6-21-44)54-30-14-15-31-55(54)63(45-22-7-3-8-23-45)53-29-13-11-26-49(53)52-28-19-33-57(62)61(52)63/h2-36,38-43H,37H2,1H3. The zero-order chi connectivity index (χ0) is 43.1. The SMILES string of the molecule is CC1C=CC(n2c3ccccc3c3ccc(N(c4ccccc4)c4ccccc4C4(c5ccccc5)c5ccccc5C5(c6ccccc6)c6ccccc6-c6cccc4c65)cc32)=CC1. The van der Waals surface area contributed by atoms with Gasteiger partial charge in [0.15, 0.2) is 0 Å². The molecule has 308 valence electrons. The fourth-order valence-corrected chi connectivity index (χ4v) is 12.1. The molecule has 3 aliphatic rings. The van der Waals surface area contributed by atoms with Crippen LogP contribution in [0.25, 0.3) is 38.6 Å². The fourth-order valence-electron chi connectivity index (χ4n) is 12.1. The Labute approximate surface area is 380 Å². The lowest BCUT2D eigenvalue weighted by Crippen LogP contribution is -2.44. The molecule has 65 heavy (non-hydrogen) atoms. The van der Waals surface area contributed by atoms with E-state index < -0.39 is 10.8 Å². The van der Waals surface area contributed by atoms with Crippen LogP contribution in [0.1, 0.15) is 57.9 Å². The summed E-state index contributed by atoms with van der Waals surface area (Å²) in [6, 6.07) is 84.3. The third-order valence-electron chi connectivity index (χ3n) is 14.6. The Kier molecular flexibility index (Phi) is 8.42. The average molecular weight is 831 g/mol. The van der Waals surface area contributed by atoms with Gasteiger partial charge in [0.05, 0.1) is 27.6 Å². The van der Waals surface area contributed by atoms with Crippen LogP contribution >= 0.6 is 0 Å². The molecule has 0 spiro atoms. The summed E-state index contributed by atoms with van der Waals surface area (Å²) in [6.45, 7) is 2.29. The normalized spacial score (nSPS) is 19.1. The van der Waals surface area contributed by atoms with Gasteiger partial charge in [-0.15, -0.1) is 0 Å². The molecule has 0 aliphatic heterocycles. The van der Waals surface area contributed by atoms with Gasteiger partial charge in [-0.2, -0.15) is 0 Å². The topological polar surface area (TPSA) is 8.17 Å². The number of benzene rings is 9. The molecule has 3 atom stereocenters. The largest absolute Gasteiger partial charge is 0.310 e. The molecule has 1 heterocycles. The van der Waals surface area contributed by atoms with Gasteiger partial charge in [-0.3, -0.25) is 0 Å². The van der Waals surface area contributed by atoms with Crippen LogP contribution in [-0.2, 0) is 10.8 Å². The first-order valence-electron chi connectivity index (χ1n) is 23.0. The maximum atomic E-state index is 2.51. The zero-order valence-electron chi connectivity index (χ0n) is 36.3. The molecule has 3 unspecified atom stereocenters. The van der Waals surface area contributed by atoms with E-state index in [4.69, 9.17) is 0 Å². The van der Waals surface area contributed by atoms with Crippen molar-refractivity contribution in [3.8, 4) is 11.1 Å². The van der Waals surface area contributed by atoms with E-state index in [1.807, 2.05) is 0 Å². The molecule has 0 saturated carbocycles. The molecule has 0 amide bonds. The average Bonchev–Trinajstić information content (AvgIpc) is 3.87. The molecule has 0 radical (unpaired) electrons. The van der Waals surface area contributed by atoms with Crippen LogP contribution in [0.2, 0.25) is 0 Å². The molecular formula is C63H46N2. The Morgan fingerprint density at radius 1 is 0.446 bits per heavy atom. The van der Waals surface area contributed by atoms with E-state index in [0.29, 0.717) is 5.92 Å². The van der Waals surface area contributed by atoms with Crippen molar-refractivity contribution >= 4 is 44.6 Å². The highest BCUT2D eigenvalue weighted by Gasteiger charge is 2.58. The van der Waals surface area contributed by atoms with E-state index >= 15 is 0 Å². The number of anilines is 3. The summed E-state index contributed by atoms with van der Waals surface area (Å²) in [4.78, 5) is 2.51. The number of para-hydroxylation sites is 3. The van der Waals surface area contributed by atoms with E-state index in [9.17, 15) is 0 Å². The summed E-state index contributed by atoms with van der Waals surface area (Å²) in [5.41, 5.74) is 18.7. The number of allylic oxidation sites excluding steroid dienone is 4. The first-order chi connectivity index (χ1) is 32.2. The van der Waals surface area contributed by atoms with Crippen LogP contribution in [-0.4, -0.2) is 4.57 Å². The van der Waals surface area contributed by atoms with E-state index in [0.717, 1.165) is 23.5 Å². The second-order valence-electron chi connectivity index (χ2n) is 18.0. The lowest BCUT2D eigenvalue weighted by Gasteiger charge is -2.50. The van der Waals surface area contributed by atoms with Crippen LogP contribution in [0.5, 0.6) is 0 Å². The molecule has 0 saturated heterocycles. The molecule has 1 aromatic heterocycles. The van der Waals surface area contributed by atoms with Gasteiger partial charge in [-0.1, -0.05) is 207 Å². The summed E-state index contributed by atoms with van der Waals surface area (Å²) in [5.74, 6) is 0.521. The summed E-state index contributed by atoms with van der Waals surface area (Å²) >= 11 is 0. The molecule has 0 fully saturated rings. The Hall–Kier alpha value is -7.94. The lowest BCUT2D eigenvalue weighted by molar-refractivity contribution is 0.627. The maximum absolute atomic E-state index is 2.51. The molecule has 9 aromatic carbocycles. The molecule has 3 aliphatic carbocycles. The predicted molar refractivity (Wildman–Crippen MR) is 270 cm³/mol. The van der Waals surface area contributed by atoms with Crippen LogP contribution in [0.3, 0.4) is 0 Å². The van der Waals surface area contributed by atoms with Crippen LogP contribution in [0.15, 0.2) is 243 Å². The van der Waals surface area contributed by atoms with E-state index in [2.05, 4.69) is 259 Å². The molecular weight excluding hydrogens is 785 g/mol. The summed E-state index contributed by atoms with van der Waals surface area (Å²) in [6.07, 6.45) is 8.09. The molecule has 2 nitrogen and oxygen atoms in total. The van der Waals surface area contributed by atoms with Crippen molar-refractivity contribution in [2.75, 3.05) is 4.90 Å². The van der Waals surface area contributed by atoms with Gasteiger partial charge in [-0.25, -0.2) is 0 Å². The second-order valence-corrected chi connectivity index (χ2v) is 18.0. The minimum absolute atomic E-state index is 0.521. The van der Waals surface area contributed by atoms with Crippen LogP contribution < -0.4 is 4.90 Å². The minimum atomic E-state index is -0.722.